The summed E-state index contributed by atoms with van der Waals surface area (Å²) in [5.74, 6) is 1.06. The number of nitrogens with one attached hydrogen (secondary N) is 1. The lowest BCUT2D eigenvalue weighted by atomic mass is 10.1. The van der Waals surface area contributed by atoms with Gasteiger partial charge in [0.2, 0.25) is 17.6 Å². The maximum Gasteiger partial charge on any atom is 0.247 e. The summed E-state index contributed by atoms with van der Waals surface area (Å²) in [4.78, 5) is 29.2. The maximum absolute atomic E-state index is 13.4. The molecule has 1 aromatic heterocycles. The predicted molar refractivity (Wildman–Crippen MR) is 133 cm³/mol. The van der Waals surface area contributed by atoms with E-state index in [9.17, 15) is 9.59 Å². The molecule has 1 atom stereocenters. The molecule has 0 bridgehead atoms. The quantitative estimate of drug-likeness (QED) is 0.463. The second-order valence-corrected chi connectivity index (χ2v) is 8.89. The van der Waals surface area contributed by atoms with Crippen LogP contribution in [0.1, 0.15) is 38.2 Å². The zero-order chi connectivity index (χ0) is 25.5. The van der Waals surface area contributed by atoms with Crippen molar-refractivity contribution >= 4 is 11.8 Å². The van der Waals surface area contributed by atoms with Crippen LogP contribution in [0.15, 0.2) is 48.5 Å². The topological polar surface area (TPSA) is 111 Å². The van der Waals surface area contributed by atoms with Gasteiger partial charge in [-0.05, 0) is 48.7 Å². The van der Waals surface area contributed by atoms with Gasteiger partial charge in [0, 0.05) is 18.2 Å². The molecule has 190 valence electrons. The Kier molecular flexibility index (Phi) is 8.14. The van der Waals surface area contributed by atoms with Crippen LogP contribution in [-0.4, -0.2) is 63.2 Å². The zero-order valence-corrected chi connectivity index (χ0v) is 20.9. The van der Waals surface area contributed by atoms with Gasteiger partial charge < -0.3 is 19.7 Å². The SMILES string of the molecule is COc1ccc(-c2nnn(CC(=O)N(Cc3ccccc3)[C@H](C)C(=O)NC3CCCC3)n2)cc1OC. The van der Waals surface area contributed by atoms with Crippen molar-refractivity contribution in [1.29, 1.82) is 0 Å². The third-order valence-corrected chi connectivity index (χ3v) is 6.44. The molecule has 10 heteroatoms. The number of hydrogen-bond acceptors (Lipinski definition) is 7. The maximum atomic E-state index is 13.4. The van der Waals surface area contributed by atoms with Crippen molar-refractivity contribution in [3.05, 3.63) is 54.1 Å². The molecule has 4 rings (SSSR count). The normalized spacial score (nSPS) is 14.3. The van der Waals surface area contributed by atoms with Crippen molar-refractivity contribution in [3.63, 3.8) is 0 Å². The number of carbonyl (C=O) groups excluding carboxylic acids is 2. The van der Waals surface area contributed by atoms with Crippen molar-refractivity contribution in [3.8, 4) is 22.9 Å². The Hall–Kier alpha value is -3.95. The van der Waals surface area contributed by atoms with Crippen LogP contribution in [0.2, 0.25) is 0 Å². The molecule has 1 aliphatic rings. The Labute approximate surface area is 210 Å². The van der Waals surface area contributed by atoms with Gasteiger partial charge >= 0.3 is 0 Å². The minimum atomic E-state index is -0.646. The van der Waals surface area contributed by atoms with Crippen LogP contribution >= 0.6 is 0 Å². The molecule has 1 saturated carbocycles. The van der Waals surface area contributed by atoms with E-state index >= 15 is 0 Å². The van der Waals surface area contributed by atoms with E-state index in [1.54, 1.807) is 44.2 Å². The van der Waals surface area contributed by atoms with Crippen LogP contribution in [-0.2, 0) is 22.7 Å². The van der Waals surface area contributed by atoms with Crippen LogP contribution in [0.4, 0.5) is 0 Å². The first-order valence-electron chi connectivity index (χ1n) is 12.1. The second-order valence-electron chi connectivity index (χ2n) is 8.89. The molecule has 3 aromatic rings. The molecule has 2 aromatic carbocycles. The molecular formula is C26H32N6O4. The molecule has 36 heavy (non-hydrogen) atoms. The summed E-state index contributed by atoms with van der Waals surface area (Å²) in [5.41, 5.74) is 1.61. The minimum absolute atomic E-state index is 0.145. The number of nitrogens with zero attached hydrogens (tertiary/aromatic N) is 5. The summed E-state index contributed by atoms with van der Waals surface area (Å²) < 4.78 is 10.6. The number of rotatable bonds is 10. The lowest BCUT2D eigenvalue weighted by Crippen LogP contribution is -2.50. The van der Waals surface area contributed by atoms with Crippen LogP contribution in [0.25, 0.3) is 11.4 Å². The molecule has 0 saturated heterocycles. The highest BCUT2D eigenvalue weighted by atomic mass is 16.5. The van der Waals surface area contributed by atoms with E-state index in [4.69, 9.17) is 9.47 Å². The highest BCUT2D eigenvalue weighted by Gasteiger charge is 2.29. The van der Waals surface area contributed by atoms with Gasteiger partial charge in [-0.25, -0.2) is 0 Å². The first kappa shape index (κ1) is 25.2. The molecule has 0 aliphatic heterocycles. The third-order valence-electron chi connectivity index (χ3n) is 6.44. The van der Waals surface area contributed by atoms with E-state index in [0.29, 0.717) is 29.4 Å². The predicted octanol–water partition coefficient (Wildman–Crippen LogP) is 2.83. The van der Waals surface area contributed by atoms with Crippen molar-refractivity contribution in [2.24, 2.45) is 0 Å². The molecule has 0 unspecified atom stereocenters. The van der Waals surface area contributed by atoms with E-state index in [0.717, 1.165) is 31.2 Å². The number of tetrazole rings is 1. The number of hydrogen-bond donors (Lipinski definition) is 1. The average Bonchev–Trinajstić information content (AvgIpc) is 3.59. The monoisotopic (exact) mass is 492 g/mol. The molecular weight excluding hydrogens is 460 g/mol. The Morgan fingerprint density at radius 2 is 1.81 bits per heavy atom. The van der Waals surface area contributed by atoms with Gasteiger partial charge in [0.1, 0.15) is 12.6 Å². The Balaban J connectivity index is 1.50. The van der Waals surface area contributed by atoms with Crippen molar-refractivity contribution < 1.29 is 19.1 Å². The standard InChI is InChI=1S/C26H32N6O4/c1-18(26(34)27-21-11-7-8-12-21)31(16-19-9-5-4-6-10-19)24(33)17-32-29-25(28-30-32)20-13-14-22(35-2)23(15-20)36-3/h4-6,9-10,13-15,18,21H,7-8,11-12,16-17H2,1-3H3,(H,27,34)/t18-/m1/s1. The van der Waals surface area contributed by atoms with Crippen LogP contribution in [0, 0.1) is 0 Å². The average molecular weight is 493 g/mol. The second kappa shape index (κ2) is 11.7. The number of carbonyl (C=O) groups is 2. The fourth-order valence-corrected chi connectivity index (χ4v) is 4.37. The van der Waals surface area contributed by atoms with Gasteiger partial charge in [-0.15, -0.1) is 10.2 Å². The number of benzene rings is 2. The zero-order valence-electron chi connectivity index (χ0n) is 20.9. The fourth-order valence-electron chi connectivity index (χ4n) is 4.37. The largest absolute Gasteiger partial charge is 0.493 e. The highest BCUT2D eigenvalue weighted by molar-refractivity contribution is 5.87. The molecule has 1 fully saturated rings. The van der Waals surface area contributed by atoms with E-state index in [1.807, 2.05) is 30.3 Å². The van der Waals surface area contributed by atoms with E-state index < -0.39 is 6.04 Å². The lowest BCUT2D eigenvalue weighted by Gasteiger charge is -2.29. The van der Waals surface area contributed by atoms with Crippen LogP contribution in [0.5, 0.6) is 11.5 Å². The van der Waals surface area contributed by atoms with Crippen LogP contribution < -0.4 is 14.8 Å². The summed E-state index contributed by atoms with van der Waals surface area (Å²) in [5, 5.41) is 15.6. The third kappa shape index (κ3) is 5.99. The minimum Gasteiger partial charge on any atom is -0.493 e. The number of amides is 2. The highest BCUT2D eigenvalue weighted by Crippen LogP contribution is 2.30. The molecule has 0 spiro atoms. The first-order chi connectivity index (χ1) is 17.5. The van der Waals surface area contributed by atoms with Crippen molar-refractivity contribution in [1.82, 2.24) is 30.4 Å². The Morgan fingerprint density at radius 3 is 2.50 bits per heavy atom. The van der Waals surface area contributed by atoms with Crippen molar-refractivity contribution in [2.45, 2.75) is 57.8 Å². The number of ether oxygens (including phenoxy) is 2. The Morgan fingerprint density at radius 1 is 1.08 bits per heavy atom. The summed E-state index contributed by atoms with van der Waals surface area (Å²) in [7, 11) is 3.11. The van der Waals surface area contributed by atoms with Gasteiger partial charge in [0.25, 0.3) is 0 Å². The fraction of sp³-hybridized carbons (Fsp3) is 0.423. The molecule has 2 amide bonds. The van der Waals surface area contributed by atoms with Gasteiger partial charge in [-0.3, -0.25) is 9.59 Å². The van der Waals surface area contributed by atoms with E-state index in [1.165, 1.54) is 4.80 Å². The smallest absolute Gasteiger partial charge is 0.247 e. The van der Waals surface area contributed by atoms with Gasteiger partial charge in [0.15, 0.2) is 11.5 Å². The summed E-state index contributed by atoms with van der Waals surface area (Å²) in [6.07, 6.45) is 4.19. The first-order valence-corrected chi connectivity index (χ1v) is 12.1. The van der Waals surface area contributed by atoms with Gasteiger partial charge in [0.05, 0.1) is 14.2 Å². The number of aromatic nitrogens is 4. The molecule has 1 N–H and O–H groups in total. The lowest BCUT2D eigenvalue weighted by molar-refractivity contribution is -0.141. The summed E-state index contributed by atoms with van der Waals surface area (Å²) >= 11 is 0. The molecule has 0 radical (unpaired) electrons. The number of methoxy groups -OCH3 is 2. The van der Waals surface area contributed by atoms with Crippen LogP contribution in [0.3, 0.4) is 0 Å². The molecule has 1 aliphatic carbocycles. The van der Waals surface area contributed by atoms with Gasteiger partial charge in [-0.2, -0.15) is 4.80 Å². The summed E-state index contributed by atoms with van der Waals surface area (Å²) in [6, 6.07) is 14.4. The van der Waals surface area contributed by atoms with Crippen molar-refractivity contribution in [2.75, 3.05) is 14.2 Å². The molecule has 10 nitrogen and oxygen atoms in total. The van der Waals surface area contributed by atoms with E-state index in [-0.39, 0.29) is 24.4 Å². The van der Waals surface area contributed by atoms with E-state index in [2.05, 4.69) is 20.7 Å². The Bertz CT molecular complexity index is 1180. The van der Waals surface area contributed by atoms with Gasteiger partial charge in [-0.1, -0.05) is 43.2 Å². The molecule has 1 heterocycles. The summed E-state index contributed by atoms with van der Waals surface area (Å²) in [6.45, 7) is 1.92.